The normalized spacial score (nSPS) is 17.2. The van der Waals surface area contributed by atoms with Gasteiger partial charge in [-0.05, 0) is 52.6 Å². The van der Waals surface area contributed by atoms with Crippen LogP contribution in [0.3, 0.4) is 0 Å². The largest absolute Gasteiger partial charge is 0.298 e. The van der Waals surface area contributed by atoms with Crippen LogP contribution in [-0.2, 0) is 12.8 Å². The minimum atomic E-state index is 0.512. The summed E-state index contributed by atoms with van der Waals surface area (Å²) in [6.45, 7) is 0. The molecule has 0 saturated carbocycles. The van der Waals surface area contributed by atoms with Gasteiger partial charge in [0, 0.05) is 5.56 Å². The second-order valence-electron chi connectivity index (χ2n) is 6.15. The molecule has 108 valence electrons. The van der Waals surface area contributed by atoms with Crippen LogP contribution < -0.4 is 0 Å². The second-order valence-corrected chi connectivity index (χ2v) is 6.15. The third-order valence-corrected chi connectivity index (χ3v) is 4.89. The van der Waals surface area contributed by atoms with Crippen molar-refractivity contribution in [2.24, 2.45) is 0 Å². The van der Waals surface area contributed by atoms with Crippen molar-refractivity contribution in [3.8, 4) is 0 Å². The molecule has 0 aliphatic heterocycles. The average Bonchev–Trinajstić information content (AvgIpc) is 2.60. The Kier molecular flexibility index (Phi) is 3.27. The van der Waals surface area contributed by atoms with Crippen molar-refractivity contribution in [2.75, 3.05) is 0 Å². The highest BCUT2D eigenvalue weighted by atomic mass is 16.1. The molecule has 1 atom stereocenters. The zero-order valence-corrected chi connectivity index (χ0v) is 12.5. The maximum Gasteiger partial charge on any atom is 0.150 e. The van der Waals surface area contributed by atoms with E-state index in [1.807, 2.05) is 12.1 Å². The molecule has 0 N–H and O–H groups in total. The Bertz CT molecular complexity index is 847. The predicted octanol–water partition coefficient (Wildman–Crippen LogP) is 4.92. The molecule has 1 heteroatoms. The summed E-state index contributed by atoms with van der Waals surface area (Å²) in [6.07, 6.45) is 4.20. The highest BCUT2D eigenvalue weighted by Gasteiger charge is 2.22. The Hall–Kier alpha value is -2.41. The molecule has 1 nitrogen and oxygen atoms in total. The van der Waals surface area contributed by atoms with Crippen LogP contribution in [0, 0.1) is 0 Å². The fraction of sp³-hybridized carbons (Fsp3) is 0.190. The van der Waals surface area contributed by atoms with Gasteiger partial charge in [0.1, 0.15) is 6.29 Å². The van der Waals surface area contributed by atoms with Crippen LogP contribution in [0.25, 0.3) is 10.8 Å². The van der Waals surface area contributed by atoms with Gasteiger partial charge >= 0.3 is 0 Å². The first kappa shape index (κ1) is 13.3. The van der Waals surface area contributed by atoms with Gasteiger partial charge in [0.05, 0.1) is 0 Å². The Morgan fingerprint density at radius 3 is 2.64 bits per heavy atom. The van der Waals surface area contributed by atoms with Crippen LogP contribution in [0.5, 0.6) is 0 Å². The average molecular weight is 286 g/mol. The molecule has 3 aromatic carbocycles. The topological polar surface area (TPSA) is 17.1 Å². The van der Waals surface area contributed by atoms with Crippen LogP contribution in [0.15, 0.2) is 60.7 Å². The van der Waals surface area contributed by atoms with Crippen LogP contribution in [0.4, 0.5) is 0 Å². The van der Waals surface area contributed by atoms with Crippen molar-refractivity contribution in [2.45, 2.75) is 25.2 Å². The molecule has 3 aromatic rings. The van der Waals surface area contributed by atoms with Gasteiger partial charge in [0.15, 0.2) is 0 Å². The molecule has 0 fully saturated rings. The Balaban J connectivity index is 1.72. The number of rotatable bonds is 2. The minimum Gasteiger partial charge on any atom is -0.298 e. The van der Waals surface area contributed by atoms with Crippen molar-refractivity contribution in [1.29, 1.82) is 0 Å². The van der Waals surface area contributed by atoms with Gasteiger partial charge in [0.2, 0.25) is 0 Å². The fourth-order valence-corrected chi connectivity index (χ4v) is 3.67. The van der Waals surface area contributed by atoms with Gasteiger partial charge in [-0.1, -0.05) is 60.7 Å². The molecular weight excluding hydrogens is 268 g/mol. The van der Waals surface area contributed by atoms with Crippen LogP contribution in [0.1, 0.15) is 39.4 Å². The third kappa shape index (κ3) is 2.23. The summed E-state index contributed by atoms with van der Waals surface area (Å²) in [6, 6.07) is 21.4. The highest BCUT2D eigenvalue weighted by molar-refractivity contribution is 5.83. The predicted molar refractivity (Wildman–Crippen MR) is 90.5 cm³/mol. The molecule has 22 heavy (non-hydrogen) atoms. The summed E-state index contributed by atoms with van der Waals surface area (Å²) in [7, 11) is 0. The Morgan fingerprint density at radius 1 is 0.909 bits per heavy atom. The van der Waals surface area contributed by atoms with Crippen LogP contribution in [-0.4, -0.2) is 6.29 Å². The van der Waals surface area contributed by atoms with Crippen LogP contribution in [0.2, 0.25) is 0 Å². The summed E-state index contributed by atoms with van der Waals surface area (Å²) >= 11 is 0. The van der Waals surface area contributed by atoms with E-state index in [9.17, 15) is 4.79 Å². The van der Waals surface area contributed by atoms with Crippen LogP contribution >= 0.6 is 0 Å². The van der Waals surface area contributed by atoms with Gasteiger partial charge in [-0.15, -0.1) is 0 Å². The van der Waals surface area contributed by atoms with E-state index in [1.165, 1.54) is 27.5 Å². The smallest absolute Gasteiger partial charge is 0.150 e. The number of carbonyl (C=O) groups excluding carboxylic acids is 1. The van der Waals surface area contributed by atoms with Gasteiger partial charge in [0.25, 0.3) is 0 Å². The molecule has 0 amide bonds. The number of hydrogen-bond acceptors (Lipinski definition) is 1. The zero-order valence-electron chi connectivity index (χ0n) is 12.5. The number of carbonyl (C=O) groups is 1. The molecule has 0 saturated heterocycles. The lowest BCUT2D eigenvalue weighted by atomic mass is 9.78. The van der Waals surface area contributed by atoms with Crippen molar-refractivity contribution in [1.82, 2.24) is 0 Å². The summed E-state index contributed by atoms with van der Waals surface area (Å²) in [5, 5.41) is 2.59. The number of hydrogen-bond donors (Lipinski definition) is 0. The molecule has 1 unspecified atom stereocenters. The van der Waals surface area contributed by atoms with Crippen molar-refractivity contribution in [3.05, 3.63) is 82.9 Å². The molecule has 4 rings (SSSR count). The van der Waals surface area contributed by atoms with Gasteiger partial charge in [-0.3, -0.25) is 4.79 Å². The van der Waals surface area contributed by atoms with Gasteiger partial charge < -0.3 is 0 Å². The molecule has 1 aliphatic carbocycles. The summed E-state index contributed by atoms with van der Waals surface area (Å²) < 4.78 is 0. The van der Waals surface area contributed by atoms with Gasteiger partial charge in [-0.2, -0.15) is 0 Å². The Morgan fingerprint density at radius 2 is 1.77 bits per heavy atom. The maximum atomic E-state index is 11.3. The molecule has 1 aliphatic rings. The van der Waals surface area contributed by atoms with E-state index in [1.54, 1.807) is 0 Å². The molecule has 0 radical (unpaired) electrons. The van der Waals surface area contributed by atoms with E-state index in [0.29, 0.717) is 5.92 Å². The molecule has 0 bridgehead atoms. The standard InChI is InChI=1S/C21H18O/c22-14-20-7-3-6-16-9-11-19(13-21(16)20)18-10-8-15-4-1-2-5-17(15)12-18/h1-8,10,12,14,19H,9,11,13H2. The number of aryl methyl sites for hydroxylation is 1. The molecule has 0 spiro atoms. The SMILES string of the molecule is O=Cc1cccc2c1CC(c1ccc3ccccc3c1)CC2. The number of aldehydes is 1. The molecular formula is C21H18O. The van der Waals surface area contributed by atoms with E-state index >= 15 is 0 Å². The summed E-state index contributed by atoms with van der Waals surface area (Å²) in [5.41, 5.74) is 4.86. The second kappa shape index (κ2) is 5.42. The summed E-state index contributed by atoms with van der Waals surface area (Å²) in [5.74, 6) is 0.512. The molecule has 0 aromatic heterocycles. The van der Waals surface area contributed by atoms with Gasteiger partial charge in [-0.25, -0.2) is 0 Å². The van der Waals surface area contributed by atoms with E-state index in [-0.39, 0.29) is 0 Å². The number of benzene rings is 3. The first-order chi connectivity index (χ1) is 10.8. The van der Waals surface area contributed by atoms with E-state index < -0.39 is 0 Å². The van der Waals surface area contributed by atoms with E-state index in [4.69, 9.17) is 0 Å². The zero-order chi connectivity index (χ0) is 14.9. The number of fused-ring (bicyclic) bond motifs is 2. The quantitative estimate of drug-likeness (QED) is 0.611. The van der Waals surface area contributed by atoms with E-state index in [0.717, 1.165) is 31.1 Å². The first-order valence-corrected chi connectivity index (χ1v) is 7.90. The third-order valence-electron chi connectivity index (χ3n) is 4.89. The van der Waals surface area contributed by atoms with Crippen molar-refractivity contribution in [3.63, 3.8) is 0 Å². The lowest BCUT2D eigenvalue weighted by Crippen LogP contribution is -2.14. The highest BCUT2D eigenvalue weighted by Crippen LogP contribution is 2.35. The maximum absolute atomic E-state index is 11.3. The van der Waals surface area contributed by atoms with Crippen molar-refractivity contribution < 1.29 is 4.79 Å². The molecule has 0 heterocycles. The lowest BCUT2D eigenvalue weighted by Gasteiger charge is -2.26. The monoisotopic (exact) mass is 286 g/mol. The lowest BCUT2D eigenvalue weighted by molar-refractivity contribution is 0.112. The minimum absolute atomic E-state index is 0.512. The fourth-order valence-electron chi connectivity index (χ4n) is 3.67. The first-order valence-electron chi connectivity index (χ1n) is 7.90. The van der Waals surface area contributed by atoms with E-state index in [2.05, 4.69) is 48.5 Å². The Labute approximate surface area is 130 Å². The van der Waals surface area contributed by atoms with Crippen molar-refractivity contribution >= 4 is 17.1 Å². The summed E-state index contributed by atoms with van der Waals surface area (Å²) in [4.78, 5) is 11.3.